The number of Topliss-reactive ketones (excluding diaryl/α,β-unsaturated/α-hetero) is 1. The van der Waals surface area contributed by atoms with Crippen LogP contribution in [0.2, 0.25) is 0 Å². The fourth-order valence-corrected chi connectivity index (χ4v) is 2.11. The highest BCUT2D eigenvalue weighted by molar-refractivity contribution is 6.00. The van der Waals surface area contributed by atoms with Crippen LogP contribution in [0.1, 0.15) is 37.0 Å². The fourth-order valence-electron chi connectivity index (χ4n) is 2.11. The van der Waals surface area contributed by atoms with Crippen molar-refractivity contribution < 1.29 is 14.3 Å². The standard InChI is InChI=1S/C14H19NO3/c1-3-5-11(15-4-2)14(16)10-6-7-12-13(8-10)18-9-17-12/h6-8,11,15H,3-5,9H2,1-2H3. The molecule has 1 aliphatic rings. The third-order valence-electron chi connectivity index (χ3n) is 3.00. The van der Waals surface area contributed by atoms with Gasteiger partial charge < -0.3 is 14.8 Å². The van der Waals surface area contributed by atoms with E-state index in [1.165, 1.54) is 0 Å². The van der Waals surface area contributed by atoms with Gasteiger partial charge in [-0.2, -0.15) is 0 Å². The van der Waals surface area contributed by atoms with Gasteiger partial charge in [0.05, 0.1) is 6.04 Å². The van der Waals surface area contributed by atoms with E-state index in [-0.39, 0.29) is 18.6 Å². The summed E-state index contributed by atoms with van der Waals surface area (Å²) in [6.07, 6.45) is 1.83. The van der Waals surface area contributed by atoms with Crippen molar-refractivity contribution >= 4 is 5.78 Å². The third-order valence-corrected chi connectivity index (χ3v) is 3.00. The van der Waals surface area contributed by atoms with Crippen LogP contribution in [0.15, 0.2) is 18.2 Å². The maximum absolute atomic E-state index is 12.4. The van der Waals surface area contributed by atoms with E-state index in [0.29, 0.717) is 17.1 Å². The molecular formula is C14H19NO3. The van der Waals surface area contributed by atoms with Gasteiger partial charge >= 0.3 is 0 Å². The Morgan fingerprint density at radius 2 is 2.11 bits per heavy atom. The first kappa shape index (κ1) is 12.9. The van der Waals surface area contributed by atoms with E-state index in [0.717, 1.165) is 19.4 Å². The Bertz CT molecular complexity index is 425. The van der Waals surface area contributed by atoms with Gasteiger partial charge in [-0.25, -0.2) is 0 Å². The number of hydrogen-bond acceptors (Lipinski definition) is 4. The van der Waals surface area contributed by atoms with Crippen LogP contribution >= 0.6 is 0 Å². The van der Waals surface area contributed by atoms with Crippen molar-refractivity contribution in [2.45, 2.75) is 32.7 Å². The number of likely N-dealkylation sites (N-methyl/N-ethyl adjacent to an activating group) is 1. The number of nitrogens with one attached hydrogen (secondary N) is 1. The number of rotatable bonds is 6. The van der Waals surface area contributed by atoms with Gasteiger partial charge in [-0.15, -0.1) is 0 Å². The molecule has 18 heavy (non-hydrogen) atoms. The average Bonchev–Trinajstić information content (AvgIpc) is 2.84. The van der Waals surface area contributed by atoms with Crippen molar-refractivity contribution in [2.75, 3.05) is 13.3 Å². The molecule has 0 amide bonds. The van der Waals surface area contributed by atoms with Gasteiger partial charge in [0.1, 0.15) is 0 Å². The maximum Gasteiger partial charge on any atom is 0.231 e. The molecule has 0 bridgehead atoms. The molecular weight excluding hydrogens is 230 g/mol. The lowest BCUT2D eigenvalue weighted by Gasteiger charge is -2.15. The second kappa shape index (κ2) is 5.87. The zero-order valence-corrected chi connectivity index (χ0v) is 10.9. The SMILES string of the molecule is CCCC(NCC)C(=O)c1ccc2c(c1)OCO2. The van der Waals surface area contributed by atoms with Crippen molar-refractivity contribution in [3.63, 3.8) is 0 Å². The van der Waals surface area contributed by atoms with Crippen molar-refractivity contribution in [3.05, 3.63) is 23.8 Å². The highest BCUT2D eigenvalue weighted by Gasteiger charge is 2.21. The van der Waals surface area contributed by atoms with E-state index in [1.807, 2.05) is 6.92 Å². The molecule has 1 aromatic rings. The van der Waals surface area contributed by atoms with Crippen LogP contribution in [0.5, 0.6) is 11.5 Å². The molecule has 2 rings (SSSR count). The second-order valence-electron chi connectivity index (χ2n) is 4.33. The molecule has 1 heterocycles. The third kappa shape index (κ3) is 2.64. The van der Waals surface area contributed by atoms with Gasteiger partial charge in [0.2, 0.25) is 6.79 Å². The minimum absolute atomic E-state index is 0.111. The van der Waals surface area contributed by atoms with E-state index in [1.54, 1.807) is 18.2 Å². The molecule has 4 heteroatoms. The molecule has 1 unspecified atom stereocenters. The fraction of sp³-hybridized carbons (Fsp3) is 0.500. The van der Waals surface area contributed by atoms with Crippen LogP contribution in [0.3, 0.4) is 0 Å². The number of ketones is 1. The summed E-state index contributed by atoms with van der Waals surface area (Å²) < 4.78 is 10.5. The number of carbonyl (C=O) groups is 1. The average molecular weight is 249 g/mol. The minimum atomic E-state index is -0.111. The molecule has 4 nitrogen and oxygen atoms in total. The lowest BCUT2D eigenvalue weighted by atomic mass is 10.00. The summed E-state index contributed by atoms with van der Waals surface area (Å²) in [5.74, 6) is 1.49. The normalized spacial score (nSPS) is 14.6. The Balaban J connectivity index is 2.16. The number of benzene rings is 1. The summed E-state index contributed by atoms with van der Waals surface area (Å²) in [5, 5.41) is 3.23. The summed E-state index contributed by atoms with van der Waals surface area (Å²) in [6, 6.07) is 5.26. The summed E-state index contributed by atoms with van der Waals surface area (Å²) >= 11 is 0. The van der Waals surface area contributed by atoms with Crippen molar-refractivity contribution in [1.82, 2.24) is 5.32 Å². The molecule has 98 valence electrons. The molecule has 0 aliphatic carbocycles. The highest BCUT2D eigenvalue weighted by atomic mass is 16.7. The predicted molar refractivity (Wildman–Crippen MR) is 69.3 cm³/mol. The summed E-state index contributed by atoms with van der Waals surface area (Å²) in [7, 11) is 0. The van der Waals surface area contributed by atoms with Gasteiger partial charge in [-0.3, -0.25) is 4.79 Å². The summed E-state index contributed by atoms with van der Waals surface area (Å²) in [5.41, 5.74) is 0.679. The van der Waals surface area contributed by atoms with Crippen LogP contribution in [0, 0.1) is 0 Å². The van der Waals surface area contributed by atoms with Gasteiger partial charge in [0.25, 0.3) is 0 Å². The highest BCUT2D eigenvalue weighted by Crippen LogP contribution is 2.32. The van der Waals surface area contributed by atoms with Crippen LogP contribution in [0.4, 0.5) is 0 Å². The topological polar surface area (TPSA) is 47.6 Å². The monoisotopic (exact) mass is 249 g/mol. The van der Waals surface area contributed by atoms with Gasteiger partial charge in [-0.1, -0.05) is 20.3 Å². The maximum atomic E-state index is 12.4. The molecule has 1 atom stereocenters. The lowest BCUT2D eigenvalue weighted by molar-refractivity contribution is 0.0938. The Morgan fingerprint density at radius 3 is 2.83 bits per heavy atom. The molecule has 1 N–H and O–H groups in total. The molecule has 0 aromatic heterocycles. The van der Waals surface area contributed by atoms with E-state index >= 15 is 0 Å². The van der Waals surface area contributed by atoms with Gasteiger partial charge in [-0.05, 0) is 31.2 Å². The minimum Gasteiger partial charge on any atom is -0.454 e. The zero-order chi connectivity index (χ0) is 13.0. The number of fused-ring (bicyclic) bond motifs is 1. The summed E-state index contributed by atoms with van der Waals surface area (Å²) in [6.45, 7) is 5.12. The Kier molecular flexibility index (Phi) is 4.20. The first-order chi connectivity index (χ1) is 8.76. The van der Waals surface area contributed by atoms with Gasteiger partial charge in [0.15, 0.2) is 17.3 Å². The quantitative estimate of drug-likeness (QED) is 0.786. The van der Waals surface area contributed by atoms with E-state index < -0.39 is 0 Å². The molecule has 0 fully saturated rings. The summed E-state index contributed by atoms with van der Waals surface area (Å²) in [4.78, 5) is 12.4. The molecule has 0 radical (unpaired) electrons. The Labute approximate surface area is 107 Å². The molecule has 0 saturated heterocycles. The van der Waals surface area contributed by atoms with Gasteiger partial charge in [0, 0.05) is 5.56 Å². The zero-order valence-electron chi connectivity index (χ0n) is 10.9. The molecule has 1 aliphatic heterocycles. The van der Waals surface area contributed by atoms with Crippen molar-refractivity contribution in [2.24, 2.45) is 0 Å². The molecule has 0 spiro atoms. The molecule has 0 saturated carbocycles. The lowest BCUT2D eigenvalue weighted by Crippen LogP contribution is -2.36. The number of carbonyl (C=O) groups excluding carboxylic acids is 1. The van der Waals surface area contributed by atoms with Crippen molar-refractivity contribution in [3.8, 4) is 11.5 Å². The second-order valence-corrected chi connectivity index (χ2v) is 4.33. The predicted octanol–water partition coefficient (Wildman–Crippen LogP) is 2.38. The smallest absolute Gasteiger partial charge is 0.231 e. The molecule has 1 aromatic carbocycles. The van der Waals surface area contributed by atoms with E-state index in [2.05, 4.69) is 12.2 Å². The van der Waals surface area contributed by atoms with Crippen LogP contribution in [-0.4, -0.2) is 25.2 Å². The number of hydrogen-bond donors (Lipinski definition) is 1. The largest absolute Gasteiger partial charge is 0.454 e. The Hall–Kier alpha value is -1.55. The van der Waals surface area contributed by atoms with Crippen LogP contribution in [0.25, 0.3) is 0 Å². The first-order valence-electron chi connectivity index (χ1n) is 6.43. The van der Waals surface area contributed by atoms with Crippen LogP contribution < -0.4 is 14.8 Å². The van der Waals surface area contributed by atoms with Crippen molar-refractivity contribution in [1.29, 1.82) is 0 Å². The Morgan fingerprint density at radius 1 is 1.33 bits per heavy atom. The first-order valence-corrected chi connectivity index (χ1v) is 6.43. The van der Waals surface area contributed by atoms with E-state index in [4.69, 9.17) is 9.47 Å². The number of ether oxygens (including phenoxy) is 2. The van der Waals surface area contributed by atoms with Crippen LogP contribution in [-0.2, 0) is 0 Å². The van der Waals surface area contributed by atoms with E-state index in [9.17, 15) is 4.79 Å².